The lowest BCUT2D eigenvalue weighted by molar-refractivity contribution is 0.0927. The standard InChI is InChI=1S/C30H41N3O3/c1-3-4-20-36-26-13-10-23(11-14-26)29(34)32-25-12-15-28(33-18-16-22(2)17-19-33)27(21-25)30(35)31-24-8-6-5-7-9-24/h10-15,21-22,24H,3-9,16-20H2,1-2H3,(H,31,35)(H,32,34). The minimum absolute atomic E-state index is 0.0415. The Morgan fingerprint density at radius 3 is 2.36 bits per heavy atom. The van der Waals surface area contributed by atoms with E-state index in [1.54, 1.807) is 12.1 Å². The summed E-state index contributed by atoms with van der Waals surface area (Å²) in [7, 11) is 0. The van der Waals surface area contributed by atoms with Crippen LogP contribution < -0.4 is 20.3 Å². The van der Waals surface area contributed by atoms with Crippen molar-refractivity contribution in [1.82, 2.24) is 5.32 Å². The van der Waals surface area contributed by atoms with Crippen molar-refractivity contribution in [3.63, 3.8) is 0 Å². The third-order valence-corrected chi connectivity index (χ3v) is 7.45. The summed E-state index contributed by atoms with van der Waals surface area (Å²) in [6.45, 7) is 6.99. The lowest BCUT2D eigenvalue weighted by atomic mass is 9.95. The lowest BCUT2D eigenvalue weighted by Gasteiger charge is -2.34. The van der Waals surface area contributed by atoms with Crippen molar-refractivity contribution in [3.05, 3.63) is 53.6 Å². The Bertz CT molecular complexity index is 1010. The molecule has 1 aliphatic carbocycles. The summed E-state index contributed by atoms with van der Waals surface area (Å²) < 4.78 is 5.70. The van der Waals surface area contributed by atoms with Crippen LogP contribution in [0.25, 0.3) is 0 Å². The molecule has 2 aliphatic rings. The minimum atomic E-state index is -0.201. The normalized spacial score (nSPS) is 17.0. The number of ether oxygens (including phenoxy) is 1. The number of hydrogen-bond acceptors (Lipinski definition) is 4. The maximum atomic E-state index is 13.4. The number of carbonyl (C=O) groups is 2. The highest BCUT2D eigenvalue weighted by Crippen LogP contribution is 2.30. The van der Waals surface area contributed by atoms with Gasteiger partial charge in [-0.2, -0.15) is 0 Å². The number of anilines is 2. The van der Waals surface area contributed by atoms with E-state index in [1.807, 2.05) is 30.3 Å². The van der Waals surface area contributed by atoms with E-state index in [9.17, 15) is 9.59 Å². The highest BCUT2D eigenvalue weighted by Gasteiger charge is 2.24. The van der Waals surface area contributed by atoms with Gasteiger partial charge in [0.2, 0.25) is 0 Å². The summed E-state index contributed by atoms with van der Waals surface area (Å²) in [5, 5.41) is 6.26. The van der Waals surface area contributed by atoms with E-state index in [4.69, 9.17) is 4.74 Å². The first kappa shape index (κ1) is 26.1. The summed E-state index contributed by atoms with van der Waals surface area (Å²) in [5.74, 6) is 1.23. The molecule has 0 unspecified atom stereocenters. The third-order valence-electron chi connectivity index (χ3n) is 7.45. The second-order valence-corrected chi connectivity index (χ2v) is 10.4. The van der Waals surface area contributed by atoms with Crippen LogP contribution in [0.3, 0.4) is 0 Å². The average molecular weight is 492 g/mol. The number of benzene rings is 2. The van der Waals surface area contributed by atoms with Crippen LogP contribution >= 0.6 is 0 Å². The molecule has 2 N–H and O–H groups in total. The fraction of sp³-hybridized carbons (Fsp3) is 0.533. The first-order chi connectivity index (χ1) is 17.5. The number of rotatable bonds is 9. The molecule has 1 saturated heterocycles. The predicted molar refractivity (Wildman–Crippen MR) is 146 cm³/mol. The molecule has 0 aromatic heterocycles. The van der Waals surface area contributed by atoms with E-state index in [0.717, 1.165) is 63.1 Å². The fourth-order valence-electron chi connectivity index (χ4n) is 5.07. The van der Waals surface area contributed by atoms with Gasteiger partial charge in [0.05, 0.1) is 12.2 Å². The molecule has 194 valence electrons. The smallest absolute Gasteiger partial charge is 0.255 e. The minimum Gasteiger partial charge on any atom is -0.494 e. The lowest BCUT2D eigenvalue weighted by Crippen LogP contribution is -2.38. The van der Waals surface area contributed by atoms with Gasteiger partial charge < -0.3 is 20.3 Å². The van der Waals surface area contributed by atoms with Gasteiger partial charge in [-0.05, 0) is 80.5 Å². The number of nitrogens with zero attached hydrogens (tertiary/aromatic N) is 1. The van der Waals surface area contributed by atoms with Gasteiger partial charge in [0.25, 0.3) is 11.8 Å². The van der Waals surface area contributed by atoms with Gasteiger partial charge in [0, 0.05) is 36.1 Å². The molecular formula is C30H41N3O3. The van der Waals surface area contributed by atoms with Crippen LogP contribution in [0.5, 0.6) is 5.75 Å². The zero-order valence-corrected chi connectivity index (χ0v) is 21.9. The maximum absolute atomic E-state index is 13.4. The number of amides is 2. The molecule has 0 atom stereocenters. The van der Waals surface area contributed by atoms with Crippen molar-refractivity contribution in [2.45, 2.75) is 77.7 Å². The van der Waals surface area contributed by atoms with Gasteiger partial charge in [-0.3, -0.25) is 9.59 Å². The van der Waals surface area contributed by atoms with E-state index in [-0.39, 0.29) is 17.9 Å². The van der Waals surface area contributed by atoms with Crippen molar-refractivity contribution >= 4 is 23.2 Å². The van der Waals surface area contributed by atoms with E-state index < -0.39 is 0 Å². The molecule has 36 heavy (non-hydrogen) atoms. The first-order valence-electron chi connectivity index (χ1n) is 13.8. The highest BCUT2D eigenvalue weighted by atomic mass is 16.5. The maximum Gasteiger partial charge on any atom is 0.255 e. The van der Waals surface area contributed by atoms with Crippen LogP contribution in [0.4, 0.5) is 11.4 Å². The molecule has 2 aromatic rings. The summed E-state index contributed by atoms with van der Waals surface area (Å²) in [4.78, 5) is 28.7. The van der Waals surface area contributed by atoms with Gasteiger partial charge in [-0.15, -0.1) is 0 Å². The second-order valence-electron chi connectivity index (χ2n) is 10.4. The van der Waals surface area contributed by atoms with E-state index in [1.165, 1.54) is 19.3 Å². The Morgan fingerprint density at radius 2 is 1.67 bits per heavy atom. The Morgan fingerprint density at radius 1 is 0.944 bits per heavy atom. The molecule has 1 heterocycles. The Balaban J connectivity index is 1.49. The summed E-state index contributed by atoms with van der Waals surface area (Å²) >= 11 is 0. The van der Waals surface area contributed by atoms with Gasteiger partial charge in [-0.1, -0.05) is 39.5 Å². The van der Waals surface area contributed by atoms with Crippen LogP contribution in [0.1, 0.15) is 92.4 Å². The largest absolute Gasteiger partial charge is 0.494 e. The molecule has 2 fully saturated rings. The molecule has 4 rings (SSSR count). The van der Waals surface area contributed by atoms with Crippen molar-refractivity contribution in [2.75, 3.05) is 29.9 Å². The van der Waals surface area contributed by atoms with Crippen molar-refractivity contribution in [3.8, 4) is 5.75 Å². The number of unbranched alkanes of at least 4 members (excludes halogenated alkanes) is 1. The molecule has 1 aliphatic heterocycles. The van der Waals surface area contributed by atoms with Crippen LogP contribution in [-0.4, -0.2) is 37.6 Å². The Kier molecular flexibility index (Phi) is 9.26. The van der Waals surface area contributed by atoms with Crippen LogP contribution in [0.15, 0.2) is 42.5 Å². The number of hydrogen-bond donors (Lipinski definition) is 2. The molecule has 2 amide bonds. The highest BCUT2D eigenvalue weighted by molar-refractivity contribution is 6.06. The average Bonchev–Trinajstić information content (AvgIpc) is 2.90. The van der Waals surface area contributed by atoms with E-state index in [2.05, 4.69) is 29.4 Å². The molecule has 0 spiro atoms. The summed E-state index contributed by atoms with van der Waals surface area (Å²) in [5.41, 5.74) is 2.79. The zero-order chi connectivity index (χ0) is 25.3. The molecule has 6 nitrogen and oxygen atoms in total. The van der Waals surface area contributed by atoms with Crippen LogP contribution in [0, 0.1) is 5.92 Å². The van der Waals surface area contributed by atoms with Crippen molar-refractivity contribution in [1.29, 1.82) is 0 Å². The topological polar surface area (TPSA) is 70.7 Å². The molecule has 0 bridgehead atoms. The first-order valence-corrected chi connectivity index (χ1v) is 13.8. The van der Waals surface area contributed by atoms with Crippen molar-refractivity contribution in [2.24, 2.45) is 5.92 Å². The van der Waals surface area contributed by atoms with Crippen LogP contribution in [-0.2, 0) is 0 Å². The van der Waals surface area contributed by atoms with Gasteiger partial charge in [0.15, 0.2) is 0 Å². The molecule has 0 radical (unpaired) electrons. The molecular weight excluding hydrogens is 450 g/mol. The number of nitrogens with one attached hydrogen (secondary N) is 2. The van der Waals surface area contributed by atoms with E-state index in [0.29, 0.717) is 29.3 Å². The second kappa shape index (κ2) is 12.8. The molecule has 1 saturated carbocycles. The van der Waals surface area contributed by atoms with Gasteiger partial charge in [0.1, 0.15) is 5.75 Å². The Hall–Kier alpha value is -3.02. The summed E-state index contributed by atoms with van der Waals surface area (Å²) in [6, 6.07) is 13.2. The third kappa shape index (κ3) is 7.02. The number of carbonyl (C=O) groups excluding carboxylic acids is 2. The zero-order valence-electron chi connectivity index (χ0n) is 21.9. The van der Waals surface area contributed by atoms with Gasteiger partial charge >= 0.3 is 0 Å². The van der Waals surface area contributed by atoms with Crippen molar-refractivity contribution < 1.29 is 14.3 Å². The Labute approximate surface area is 215 Å². The van der Waals surface area contributed by atoms with Gasteiger partial charge in [-0.25, -0.2) is 0 Å². The van der Waals surface area contributed by atoms with Crippen LogP contribution in [0.2, 0.25) is 0 Å². The summed E-state index contributed by atoms with van der Waals surface area (Å²) in [6.07, 6.45) is 9.99. The number of piperidine rings is 1. The predicted octanol–water partition coefficient (Wildman–Crippen LogP) is 6.42. The molecule has 2 aromatic carbocycles. The quantitative estimate of drug-likeness (QED) is 0.397. The monoisotopic (exact) mass is 491 g/mol. The van der Waals surface area contributed by atoms with E-state index >= 15 is 0 Å². The molecule has 6 heteroatoms. The fourth-order valence-corrected chi connectivity index (χ4v) is 5.07. The SMILES string of the molecule is CCCCOc1ccc(C(=O)Nc2ccc(N3CCC(C)CC3)c(C(=O)NC3CCCCC3)c2)cc1.